The molecule has 0 spiro atoms. The van der Waals surface area contributed by atoms with Gasteiger partial charge in [-0.3, -0.25) is 18.7 Å². The molecule has 0 N–H and O–H groups in total. The number of rotatable bonds is 6. The molecule has 4 aromatic rings. The average Bonchev–Trinajstić information content (AvgIpc) is 3.42. The third kappa shape index (κ3) is 4.50. The van der Waals surface area contributed by atoms with Crippen molar-refractivity contribution >= 4 is 28.6 Å². The van der Waals surface area contributed by atoms with Gasteiger partial charge in [-0.05, 0) is 32.0 Å². The fourth-order valence-electron chi connectivity index (χ4n) is 3.97. The lowest BCUT2D eigenvalue weighted by molar-refractivity contribution is 0.102. The van der Waals surface area contributed by atoms with Gasteiger partial charge in [0.1, 0.15) is 22.0 Å². The maximum atomic E-state index is 13.3. The van der Waals surface area contributed by atoms with Crippen molar-refractivity contribution in [2.24, 2.45) is 14.1 Å². The summed E-state index contributed by atoms with van der Waals surface area (Å²) in [4.78, 5) is 48.0. The summed E-state index contributed by atoms with van der Waals surface area (Å²) in [6.07, 6.45) is 1.63. The maximum absolute atomic E-state index is 13.3. The Balaban J connectivity index is 1.72. The van der Waals surface area contributed by atoms with E-state index in [1.807, 2.05) is 57.4 Å². The summed E-state index contributed by atoms with van der Waals surface area (Å²) in [5.41, 5.74) is 1.35. The zero-order valence-electron chi connectivity index (χ0n) is 21.0. The number of Topliss-reactive ketones (excluding diaryl/α,β-unsaturated/α-hetero) is 1. The predicted molar refractivity (Wildman–Crippen MR) is 135 cm³/mol. The van der Waals surface area contributed by atoms with E-state index >= 15 is 0 Å². The highest BCUT2D eigenvalue weighted by Crippen LogP contribution is 2.28. The van der Waals surface area contributed by atoms with Crippen molar-refractivity contribution in [3.63, 3.8) is 0 Å². The van der Waals surface area contributed by atoms with E-state index in [0.29, 0.717) is 23.0 Å². The standard InChI is InChI=1S/C25H29N5O4S/c1-14-11-17(15(2)30(14)12-16-9-8-10-34-16)18(31)13-35-21-19-20(26-23(27-21)25(3,4)5)28(6)24(33)29(7)22(19)32/h8-11H,12-13H2,1-7H3. The molecule has 10 heteroatoms. The molecular formula is C25H29N5O4S. The third-order valence-corrected chi connectivity index (χ3v) is 7.02. The number of furan rings is 1. The first kappa shape index (κ1) is 24.7. The van der Waals surface area contributed by atoms with E-state index in [1.54, 1.807) is 13.3 Å². The fourth-order valence-corrected chi connectivity index (χ4v) is 4.86. The molecule has 0 unspecified atom stereocenters. The Morgan fingerprint density at radius 1 is 1.11 bits per heavy atom. The first-order valence-corrected chi connectivity index (χ1v) is 12.2. The minimum absolute atomic E-state index is 0.0699. The van der Waals surface area contributed by atoms with Crippen LogP contribution >= 0.6 is 11.8 Å². The van der Waals surface area contributed by atoms with E-state index in [1.165, 1.54) is 23.4 Å². The predicted octanol–water partition coefficient (Wildman–Crippen LogP) is 3.36. The largest absolute Gasteiger partial charge is 0.467 e. The van der Waals surface area contributed by atoms with E-state index in [2.05, 4.69) is 9.97 Å². The van der Waals surface area contributed by atoms with Crippen LogP contribution in [-0.4, -0.2) is 35.2 Å². The molecule has 0 atom stereocenters. The Morgan fingerprint density at radius 3 is 2.46 bits per heavy atom. The lowest BCUT2D eigenvalue weighted by atomic mass is 9.96. The zero-order chi connectivity index (χ0) is 25.7. The van der Waals surface area contributed by atoms with Crippen LogP contribution in [0, 0.1) is 13.8 Å². The monoisotopic (exact) mass is 495 g/mol. The van der Waals surface area contributed by atoms with Crippen molar-refractivity contribution in [1.29, 1.82) is 0 Å². The Kier molecular flexibility index (Phi) is 6.35. The second-order valence-corrected chi connectivity index (χ2v) is 10.6. The Labute approximate surface area is 206 Å². The molecule has 0 fully saturated rings. The lowest BCUT2D eigenvalue weighted by Gasteiger charge is -2.19. The van der Waals surface area contributed by atoms with Gasteiger partial charge in [0, 0.05) is 36.5 Å². The van der Waals surface area contributed by atoms with Crippen LogP contribution in [0.1, 0.15) is 54.1 Å². The molecule has 0 amide bonds. The van der Waals surface area contributed by atoms with Gasteiger partial charge in [-0.25, -0.2) is 14.8 Å². The smallest absolute Gasteiger partial charge is 0.332 e. The molecule has 0 radical (unpaired) electrons. The molecule has 0 saturated heterocycles. The Bertz CT molecular complexity index is 1550. The van der Waals surface area contributed by atoms with E-state index in [4.69, 9.17) is 4.42 Å². The molecule has 4 aromatic heterocycles. The summed E-state index contributed by atoms with van der Waals surface area (Å²) < 4.78 is 9.89. The number of thioether (sulfide) groups is 1. The van der Waals surface area contributed by atoms with Crippen molar-refractivity contribution in [3.05, 3.63) is 73.8 Å². The number of fused-ring (bicyclic) bond motifs is 1. The zero-order valence-corrected chi connectivity index (χ0v) is 21.8. The summed E-state index contributed by atoms with van der Waals surface area (Å²) in [5, 5.41) is 0.637. The highest BCUT2D eigenvalue weighted by Gasteiger charge is 2.25. The molecule has 4 heterocycles. The second-order valence-electron chi connectivity index (χ2n) is 9.67. The molecule has 9 nitrogen and oxygen atoms in total. The normalized spacial score (nSPS) is 12.0. The molecule has 0 saturated carbocycles. The van der Waals surface area contributed by atoms with E-state index in [0.717, 1.165) is 21.7 Å². The first-order valence-electron chi connectivity index (χ1n) is 11.2. The van der Waals surface area contributed by atoms with Crippen molar-refractivity contribution in [2.45, 2.75) is 51.6 Å². The molecule has 0 aliphatic rings. The molecule has 0 aromatic carbocycles. The molecule has 0 bridgehead atoms. The van der Waals surface area contributed by atoms with E-state index < -0.39 is 16.7 Å². The number of aryl methyl sites for hydroxylation is 2. The van der Waals surface area contributed by atoms with Crippen LogP contribution in [0.5, 0.6) is 0 Å². The van der Waals surface area contributed by atoms with Gasteiger partial charge in [0.15, 0.2) is 11.4 Å². The lowest BCUT2D eigenvalue weighted by Crippen LogP contribution is -2.38. The summed E-state index contributed by atoms with van der Waals surface area (Å²) in [7, 11) is 3.01. The number of carbonyl (C=O) groups excluding carboxylic acids is 1. The minimum atomic E-state index is -0.477. The molecular weight excluding hydrogens is 466 g/mol. The van der Waals surface area contributed by atoms with E-state index in [-0.39, 0.29) is 22.6 Å². The van der Waals surface area contributed by atoms with Gasteiger partial charge >= 0.3 is 5.69 Å². The summed E-state index contributed by atoms with van der Waals surface area (Å²) in [6, 6.07) is 5.61. The van der Waals surface area contributed by atoms with Gasteiger partial charge in [-0.2, -0.15) is 0 Å². The Hall–Kier alpha value is -3.40. The topological polar surface area (TPSA) is 105 Å². The van der Waals surface area contributed by atoms with Crippen LogP contribution in [0.25, 0.3) is 11.0 Å². The molecule has 0 aliphatic heterocycles. The van der Waals surface area contributed by atoms with E-state index in [9.17, 15) is 14.4 Å². The van der Waals surface area contributed by atoms with Crippen molar-refractivity contribution in [1.82, 2.24) is 23.7 Å². The van der Waals surface area contributed by atoms with Crippen LogP contribution in [-0.2, 0) is 26.1 Å². The van der Waals surface area contributed by atoms with Crippen molar-refractivity contribution in [2.75, 3.05) is 5.75 Å². The van der Waals surface area contributed by atoms with Crippen molar-refractivity contribution < 1.29 is 9.21 Å². The highest BCUT2D eigenvalue weighted by molar-refractivity contribution is 8.00. The number of hydrogen-bond acceptors (Lipinski definition) is 7. The number of hydrogen-bond donors (Lipinski definition) is 0. The Morgan fingerprint density at radius 2 is 1.83 bits per heavy atom. The summed E-state index contributed by atoms with van der Waals surface area (Å²) in [6.45, 7) is 10.3. The molecule has 35 heavy (non-hydrogen) atoms. The number of aromatic nitrogens is 5. The summed E-state index contributed by atoms with van der Waals surface area (Å²) >= 11 is 1.19. The SMILES string of the molecule is Cc1cc(C(=O)CSc2nc(C(C)(C)C)nc3c2c(=O)n(C)c(=O)n3C)c(C)n1Cc1ccco1. The third-order valence-electron chi connectivity index (χ3n) is 6.05. The molecule has 184 valence electrons. The van der Waals surface area contributed by atoms with Gasteiger partial charge in [-0.1, -0.05) is 32.5 Å². The van der Waals surface area contributed by atoms with Gasteiger partial charge in [0.05, 0.1) is 18.6 Å². The van der Waals surface area contributed by atoms with Gasteiger partial charge in [0.25, 0.3) is 5.56 Å². The maximum Gasteiger partial charge on any atom is 0.332 e. The van der Waals surface area contributed by atoms with Crippen LogP contribution in [0.15, 0.2) is 43.5 Å². The second kappa shape index (κ2) is 8.99. The molecule has 4 rings (SSSR count). The van der Waals surface area contributed by atoms with Gasteiger partial charge in [0.2, 0.25) is 0 Å². The number of carbonyl (C=O) groups is 1. The van der Waals surface area contributed by atoms with Crippen LogP contribution < -0.4 is 11.2 Å². The van der Waals surface area contributed by atoms with Gasteiger partial charge in [-0.15, -0.1) is 0 Å². The minimum Gasteiger partial charge on any atom is -0.467 e. The van der Waals surface area contributed by atoms with Crippen LogP contribution in [0.3, 0.4) is 0 Å². The number of ketones is 1. The van der Waals surface area contributed by atoms with Crippen LogP contribution in [0.2, 0.25) is 0 Å². The fraction of sp³-hybridized carbons (Fsp3) is 0.400. The average molecular weight is 496 g/mol. The quantitative estimate of drug-likeness (QED) is 0.229. The summed E-state index contributed by atoms with van der Waals surface area (Å²) in [5.74, 6) is 1.33. The van der Waals surface area contributed by atoms with Crippen molar-refractivity contribution in [3.8, 4) is 0 Å². The first-order chi connectivity index (χ1) is 16.4. The molecule has 0 aliphatic carbocycles. The van der Waals surface area contributed by atoms with Crippen LogP contribution in [0.4, 0.5) is 0 Å². The number of nitrogens with zero attached hydrogens (tertiary/aromatic N) is 5. The highest BCUT2D eigenvalue weighted by atomic mass is 32.2. The van der Waals surface area contributed by atoms with Gasteiger partial charge < -0.3 is 8.98 Å².